The summed E-state index contributed by atoms with van der Waals surface area (Å²) in [6.07, 6.45) is -3.61. The molecule has 146 valence electrons. The number of nitrogens with zero attached hydrogens (tertiary/aromatic N) is 3. The average molecular weight is 392 g/mol. The Morgan fingerprint density at radius 2 is 1.82 bits per heavy atom. The number of halogens is 4. The van der Waals surface area contributed by atoms with E-state index in [-0.39, 0.29) is 5.91 Å². The number of aromatic nitrogens is 2. The van der Waals surface area contributed by atoms with Crippen LogP contribution in [0.3, 0.4) is 0 Å². The Bertz CT molecular complexity index is 1000. The van der Waals surface area contributed by atoms with Gasteiger partial charge in [0.1, 0.15) is 17.3 Å². The number of fused-ring (bicyclic) bond motifs is 1. The van der Waals surface area contributed by atoms with Gasteiger partial charge in [0.25, 0.3) is 5.91 Å². The number of rotatable bonds is 2. The van der Waals surface area contributed by atoms with Crippen molar-refractivity contribution in [1.29, 1.82) is 0 Å². The van der Waals surface area contributed by atoms with Gasteiger partial charge < -0.3 is 14.8 Å². The van der Waals surface area contributed by atoms with Crippen molar-refractivity contribution < 1.29 is 22.4 Å². The molecule has 1 fully saturated rings. The molecule has 0 radical (unpaired) electrons. The fourth-order valence-electron chi connectivity index (χ4n) is 3.28. The number of carbonyl (C=O) groups is 1. The number of alkyl halides is 3. The molecule has 4 rings (SSSR count). The van der Waals surface area contributed by atoms with Gasteiger partial charge in [0.05, 0.1) is 5.56 Å². The van der Waals surface area contributed by atoms with Crippen molar-refractivity contribution in [2.75, 3.05) is 31.1 Å². The van der Waals surface area contributed by atoms with Crippen molar-refractivity contribution in [3.63, 3.8) is 0 Å². The lowest BCUT2D eigenvalue weighted by Gasteiger charge is -2.35. The van der Waals surface area contributed by atoms with Gasteiger partial charge in [-0.3, -0.25) is 4.79 Å². The molecule has 0 unspecified atom stereocenters. The molecule has 1 aromatic carbocycles. The molecule has 0 spiro atoms. The van der Waals surface area contributed by atoms with Gasteiger partial charge in [-0.05, 0) is 30.3 Å². The summed E-state index contributed by atoms with van der Waals surface area (Å²) < 4.78 is 51.7. The molecule has 1 aliphatic rings. The van der Waals surface area contributed by atoms with Crippen molar-refractivity contribution in [3.05, 3.63) is 59.7 Å². The van der Waals surface area contributed by atoms with E-state index in [4.69, 9.17) is 0 Å². The summed E-state index contributed by atoms with van der Waals surface area (Å²) in [6.45, 7) is 1.66. The summed E-state index contributed by atoms with van der Waals surface area (Å²) in [7, 11) is 0. The van der Waals surface area contributed by atoms with Crippen LogP contribution in [0.4, 0.5) is 23.4 Å². The number of H-pyrrole nitrogens is 1. The van der Waals surface area contributed by atoms with Gasteiger partial charge in [-0.2, -0.15) is 13.2 Å². The lowest BCUT2D eigenvalue weighted by Crippen LogP contribution is -2.49. The summed E-state index contributed by atoms with van der Waals surface area (Å²) in [5.74, 6) is -0.200. The minimum atomic E-state index is -4.42. The van der Waals surface area contributed by atoms with E-state index >= 15 is 0 Å². The molecule has 28 heavy (non-hydrogen) atoms. The number of amides is 1. The Hall–Kier alpha value is -3.10. The van der Waals surface area contributed by atoms with E-state index in [2.05, 4.69) is 9.97 Å². The van der Waals surface area contributed by atoms with Crippen molar-refractivity contribution >= 4 is 22.6 Å². The highest BCUT2D eigenvalue weighted by Gasteiger charge is 2.31. The SMILES string of the molecule is O=C(c1cc2c(F)cccc2[nH]1)N1CCN(c2ccc(C(F)(F)F)cn2)CC1. The summed E-state index contributed by atoms with van der Waals surface area (Å²) >= 11 is 0. The number of anilines is 1. The molecule has 0 bridgehead atoms. The summed E-state index contributed by atoms with van der Waals surface area (Å²) in [6, 6.07) is 8.43. The van der Waals surface area contributed by atoms with Crippen LogP contribution in [0.15, 0.2) is 42.6 Å². The molecular formula is C19H16F4N4O. The summed E-state index contributed by atoms with van der Waals surface area (Å²) in [5.41, 5.74) is 0.0632. The van der Waals surface area contributed by atoms with Crippen molar-refractivity contribution in [2.24, 2.45) is 0 Å². The Balaban J connectivity index is 1.43. The second kappa shape index (κ2) is 6.81. The maximum atomic E-state index is 13.8. The predicted molar refractivity (Wildman–Crippen MR) is 95.6 cm³/mol. The van der Waals surface area contributed by atoms with Crippen LogP contribution in [0, 0.1) is 5.82 Å². The molecule has 9 heteroatoms. The first kappa shape index (κ1) is 18.3. The van der Waals surface area contributed by atoms with Crippen molar-refractivity contribution in [3.8, 4) is 0 Å². The average Bonchev–Trinajstić information content (AvgIpc) is 3.13. The maximum Gasteiger partial charge on any atom is 0.417 e. The maximum absolute atomic E-state index is 13.8. The molecule has 3 aromatic rings. The van der Waals surface area contributed by atoms with Crippen LogP contribution in [-0.2, 0) is 6.18 Å². The van der Waals surface area contributed by atoms with Crippen LogP contribution >= 0.6 is 0 Å². The van der Waals surface area contributed by atoms with E-state index in [0.717, 1.165) is 12.3 Å². The zero-order chi connectivity index (χ0) is 19.9. The van der Waals surface area contributed by atoms with E-state index in [1.54, 1.807) is 17.0 Å². The zero-order valence-electron chi connectivity index (χ0n) is 14.6. The van der Waals surface area contributed by atoms with E-state index in [0.29, 0.717) is 48.6 Å². The minimum Gasteiger partial charge on any atom is -0.353 e. The number of pyridine rings is 1. The molecule has 1 saturated heterocycles. The Kier molecular flexibility index (Phi) is 4.44. The molecule has 0 atom stereocenters. The molecule has 2 aromatic heterocycles. The van der Waals surface area contributed by atoms with Gasteiger partial charge in [0.2, 0.25) is 0 Å². The molecule has 0 aliphatic carbocycles. The topological polar surface area (TPSA) is 52.2 Å². The third kappa shape index (κ3) is 3.39. The molecular weight excluding hydrogens is 376 g/mol. The quantitative estimate of drug-likeness (QED) is 0.677. The van der Waals surface area contributed by atoms with E-state index < -0.39 is 17.6 Å². The molecule has 3 heterocycles. The first-order valence-electron chi connectivity index (χ1n) is 8.67. The number of hydrogen-bond donors (Lipinski definition) is 1. The van der Waals surface area contributed by atoms with Gasteiger partial charge in [-0.25, -0.2) is 9.37 Å². The van der Waals surface area contributed by atoms with Crippen molar-refractivity contribution in [1.82, 2.24) is 14.9 Å². The monoisotopic (exact) mass is 392 g/mol. The summed E-state index contributed by atoms with van der Waals surface area (Å²) in [5, 5.41) is 0.360. The number of hydrogen-bond acceptors (Lipinski definition) is 3. The third-order valence-electron chi connectivity index (χ3n) is 4.81. The summed E-state index contributed by atoms with van der Waals surface area (Å²) in [4.78, 5) is 23.0. The zero-order valence-corrected chi connectivity index (χ0v) is 14.6. The molecule has 0 saturated carbocycles. The van der Waals surface area contributed by atoms with Crippen LogP contribution in [-0.4, -0.2) is 47.0 Å². The Labute approximate surface area is 157 Å². The van der Waals surface area contributed by atoms with Gasteiger partial charge in [0.15, 0.2) is 0 Å². The number of nitrogens with one attached hydrogen (secondary N) is 1. The fraction of sp³-hybridized carbons (Fsp3) is 0.263. The van der Waals surface area contributed by atoms with Crippen LogP contribution in [0.5, 0.6) is 0 Å². The highest BCUT2D eigenvalue weighted by Crippen LogP contribution is 2.29. The standard InChI is InChI=1S/C19H16F4N4O/c20-14-2-1-3-15-13(14)10-16(25-15)18(28)27-8-6-26(7-9-27)17-5-4-12(11-24-17)19(21,22)23/h1-5,10-11,25H,6-9H2. The van der Waals surface area contributed by atoms with Gasteiger partial charge in [-0.1, -0.05) is 6.07 Å². The molecule has 1 N–H and O–H groups in total. The highest BCUT2D eigenvalue weighted by atomic mass is 19.4. The van der Waals surface area contributed by atoms with Crippen molar-refractivity contribution in [2.45, 2.75) is 6.18 Å². The Morgan fingerprint density at radius 3 is 2.43 bits per heavy atom. The Morgan fingerprint density at radius 1 is 1.07 bits per heavy atom. The second-order valence-corrected chi connectivity index (χ2v) is 6.57. The molecule has 1 amide bonds. The van der Waals surface area contributed by atoms with E-state index in [9.17, 15) is 22.4 Å². The number of aromatic amines is 1. The predicted octanol–water partition coefficient (Wildman–Crippen LogP) is 3.68. The fourth-order valence-corrected chi connectivity index (χ4v) is 3.28. The van der Waals surface area contributed by atoms with E-state index in [1.165, 1.54) is 18.2 Å². The molecule has 1 aliphatic heterocycles. The normalized spacial score (nSPS) is 15.3. The first-order chi connectivity index (χ1) is 13.3. The van der Waals surface area contributed by atoms with Crippen LogP contribution in [0.1, 0.15) is 16.1 Å². The number of benzene rings is 1. The third-order valence-corrected chi connectivity index (χ3v) is 4.81. The lowest BCUT2D eigenvalue weighted by atomic mass is 10.2. The van der Waals surface area contributed by atoms with E-state index in [1.807, 2.05) is 4.90 Å². The highest BCUT2D eigenvalue weighted by molar-refractivity contribution is 5.98. The minimum absolute atomic E-state index is 0.240. The van der Waals surface area contributed by atoms with Gasteiger partial charge >= 0.3 is 6.18 Å². The van der Waals surface area contributed by atoms with Crippen LogP contribution < -0.4 is 4.90 Å². The number of piperazine rings is 1. The largest absolute Gasteiger partial charge is 0.417 e. The van der Waals surface area contributed by atoms with Gasteiger partial charge in [-0.15, -0.1) is 0 Å². The second-order valence-electron chi connectivity index (χ2n) is 6.57. The lowest BCUT2D eigenvalue weighted by molar-refractivity contribution is -0.137. The smallest absolute Gasteiger partial charge is 0.353 e. The van der Waals surface area contributed by atoms with Crippen LogP contribution in [0.2, 0.25) is 0 Å². The number of carbonyl (C=O) groups excluding carboxylic acids is 1. The van der Waals surface area contributed by atoms with Gasteiger partial charge in [0, 0.05) is 43.3 Å². The molecule has 5 nitrogen and oxygen atoms in total. The van der Waals surface area contributed by atoms with Crippen LogP contribution in [0.25, 0.3) is 10.9 Å². The first-order valence-corrected chi connectivity index (χ1v) is 8.67.